The molecule has 0 radical (unpaired) electrons. The van der Waals surface area contributed by atoms with Gasteiger partial charge in [0.1, 0.15) is 19.0 Å². The molecular formula is C13H21F2N3O4Si. The van der Waals surface area contributed by atoms with Gasteiger partial charge in [-0.3, -0.25) is 10.1 Å². The van der Waals surface area contributed by atoms with Gasteiger partial charge in [0.2, 0.25) is 0 Å². The third-order valence-electron chi connectivity index (χ3n) is 3.51. The average molecular weight is 349 g/mol. The van der Waals surface area contributed by atoms with Gasteiger partial charge in [-0.25, -0.2) is 13.5 Å². The molecule has 1 aliphatic carbocycles. The fraction of sp³-hybridized carbons (Fsp3) is 0.769. The second-order valence-corrected chi connectivity index (χ2v) is 12.6. The van der Waals surface area contributed by atoms with Crippen LogP contribution < -0.4 is 4.74 Å². The van der Waals surface area contributed by atoms with Crippen molar-refractivity contribution in [2.45, 2.75) is 57.3 Å². The van der Waals surface area contributed by atoms with Gasteiger partial charge < -0.3 is 9.47 Å². The van der Waals surface area contributed by atoms with Crippen LogP contribution in [-0.2, 0) is 11.5 Å². The Morgan fingerprint density at radius 1 is 1.48 bits per heavy atom. The van der Waals surface area contributed by atoms with Gasteiger partial charge in [0, 0.05) is 27.5 Å². The molecule has 10 heteroatoms. The lowest BCUT2D eigenvalue weighted by Gasteiger charge is -2.34. The van der Waals surface area contributed by atoms with E-state index in [1.165, 1.54) is 4.68 Å². The first-order valence-corrected chi connectivity index (χ1v) is 11.1. The minimum atomic E-state index is -2.75. The molecule has 0 N–H and O–H groups in total. The van der Waals surface area contributed by atoms with Crippen LogP contribution in [0.3, 0.4) is 0 Å². The van der Waals surface area contributed by atoms with Gasteiger partial charge in [0.05, 0.1) is 4.92 Å². The van der Waals surface area contributed by atoms with Crippen LogP contribution in [0.4, 0.5) is 14.5 Å². The van der Waals surface area contributed by atoms with Gasteiger partial charge in [-0.05, 0) is 6.04 Å². The van der Waals surface area contributed by atoms with E-state index in [0.29, 0.717) is 6.61 Å². The number of halogens is 2. The largest absolute Gasteiger partial charge is 0.469 e. The van der Waals surface area contributed by atoms with Crippen molar-refractivity contribution < 1.29 is 23.2 Å². The van der Waals surface area contributed by atoms with Crippen LogP contribution in [0, 0.1) is 10.1 Å². The molecule has 0 bridgehead atoms. The summed E-state index contributed by atoms with van der Waals surface area (Å²) < 4.78 is 37.8. The number of aromatic nitrogens is 2. The predicted octanol–water partition coefficient (Wildman–Crippen LogP) is 3.28. The standard InChI is InChI=1S/C13H21F2N3O4Si/c1-23(2,3)5-4-21-9-17-12(11(8-16-17)18(19)20)22-10-6-13(14,15)7-10/h8,10H,4-7,9H2,1-3H3. The lowest BCUT2D eigenvalue weighted by atomic mass is 9.91. The second kappa shape index (κ2) is 6.52. The maximum absolute atomic E-state index is 12.9. The second-order valence-electron chi connectivity index (χ2n) is 6.94. The summed E-state index contributed by atoms with van der Waals surface area (Å²) >= 11 is 0. The summed E-state index contributed by atoms with van der Waals surface area (Å²) in [4.78, 5) is 10.4. The van der Waals surface area contributed by atoms with Crippen molar-refractivity contribution in [2.75, 3.05) is 6.61 Å². The molecule has 1 fully saturated rings. The number of hydrogen-bond donors (Lipinski definition) is 0. The van der Waals surface area contributed by atoms with Crippen molar-refractivity contribution in [2.24, 2.45) is 0 Å². The Morgan fingerprint density at radius 3 is 2.65 bits per heavy atom. The third kappa shape index (κ3) is 4.96. The summed E-state index contributed by atoms with van der Waals surface area (Å²) in [7, 11) is -1.24. The molecule has 0 atom stereocenters. The van der Waals surface area contributed by atoms with Crippen LogP contribution in [0.2, 0.25) is 25.7 Å². The highest BCUT2D eigenvalue weighted by atomic mass is 28.3. The molecule has 0 aromatic carbocycles. The Morgan fingerprint density at radius 2 is 2.13 bits per heavy atom. The van der Waals surface area contributed by atoms with E-state index < -0.39 is 37.9 Å². The monoisotopic (exact) mass is 349 g/mol. The summed E-state index contributed by atoms with van der Waals surface area (Å²) in [5, 5.41) is 14.9. The highest BCUT2D eigenvalue weighted by Gasteiger charge is 2.48. The fourth-order valence-corrected chi connectivity index (χ4v) is 2.84. The molecule has 1 saturated carbocycles. The molecule has 0 unspecified atom stereocenters. The fourth-order valence-electron chi connectivity index (χ4n) is 2.08. The lowest BCUT2D eigenvalue weighted by molar-refractivity contribution is -0.386. The van der Waals surface area contributed by atoms with E-state index in [0.717, 1.165) is 12.2 Å². The van der Waals surface area contributed by atoms with Crippen molar-refractivity contribution in [3.63, 3.8) is 0 Å². The van der Waals surface area contributed by atoms with Crippen LogP contribution in [0.5, 0.6) is 5.88 Å². The first kappa shape index (κ1) is 17.8. The van der Waals surface area contributed by atoms with Gasteiger partial charge in [-0.1, -0.05) is 19.6 Å². The topological polar surface area (TPSA) is 79.4 Å². The molecule has 1 aromatic heterocycles. The number of nitro groups is 1. The molecular weight excluding hydrogens is 328 g/mol. The third-order valence-corrected chi connectivity index (χ3v) is 5.21. The Labute approximate surface area is 133 Å². The van der Waals surface area contributed by atoms with Gasteiger partial charge in [0.25, 0.3) is 11.8 Å². The zero-order valence-corrected chi connectivity index (χ0v) is 14.4. The Kier molecular flexibility index (Phi) is 5.04. The normalized spacial score (nSPS) is 17.8. The molecule has 0 aliphatic heterocycles. The maximum Gasteiger partial charge on any atom is 0.350 e. The van der Waals surface area contributed by atoms with Gasteiger partial charge >= 0.3 is 5.69 Å². The summed E-state index contributed by atoms with van der Waals surface area (Å²) in [6.45, 7) is 7.14. The Hall–Kier alpha value is -1.55. The zero-order valence-electron chi connectivity index (χ0n) is 13.4. The molecule has 0 amide bonds. The van der Waals surface area contributed by atoms with Gasteiger partial charge in [0.15, 0.2) is 0 Å². The molecule has 1 aromatic rings. The van der Waals surface area contributed by atoms with E-state index in [4.69, 9.17) is 9.47 Å². The van der Waals surface area contributed by atoms with E-state index in [-0.39, 0.29) is 18.3 Å². The van der Waals surface area contributed by atoms with Crippen LogP contribution in [0.25, 0.3) is 0 Å². The maximum atomic E-state index is 12.9. The summed E-state index contributed by atoms with van der Waals surface area (Å²) in [5.41, 5.74) is -0.339. The quantitative estimate of drug-likeness (QED) is 0.311. The molecule has 0 saturated heterocycles. The molecule has 2 rings (SSSR count). The SMILES string of the molecule is C[Si](C)(C)CCOCn1ncc([N+](=O)[O-])c1OC1CC(F)(F)C1. The van der Waals surface area contributed by atoms with E-state index in [1.807, 2.05) is 0 Å². The van der Waals surface area contributed by atoms with Crippen molar-refractivity contribution in [1.82, 2.24) is 9.78 Å². The van der Waals surface area contributed by atoms with Crippen molar-refractivity contribution >= 4 is 13.8 Å². The Balaban J connectivity index is 1.97. The molecule has 130 valence electrons. The summed E-state index contributed by atoms with van der Waals surface area (Å²) in [6.07, 6.45) is -0.563. The number of rotatable bonds is 8. The van der Waals surface area contributed by atoms with Crippen LogP contribution in [0.15, 0.2) is 6.20 Å². The van der Waals surface area contributed by atoms with E-state index in [9.17, 15) is 18.9 Å². The van der Waals surface area contributed by atoms with E-state index >= 15 is 0 Å². The smallest absolute Gasteiger partial charge is 0.350 e. The highest BCUT2D eigenvalue weighted by Crippen LogP contribution is 2.41. The van der Waals surface area contributed by atoms with Crippen LogP contribution in [-0.4, -0.2) is 41.4 Å². The first-order valence-electron chi connectivity index (χ1n) is 7.40. The molecule has 1 heterocycles. The van der Waals surface area contributed by atoms with E-state index in [2.05, 4.69) is 24.7 Å². The first-order chi connectivity index (χ1) is 10.6. The molecule has 0 spiro atoms. The molecule has 1 aliphatic rings. The Bertz CT molecular complexity index is 566. The average Bonchev–Trinajstić information content (AvgIpc) is 2.74. The van der Waals surface area contributed by atoms with Gasteiger partial charge in [-0.15, -0.1) is 0 Å². The number of hydrogen-bond acceptors (Lipinski definition) is 5. The van der Waals surface area contributed by atoms with Crippen LogP contribution >= 0.6 is 0 Å². The molecule has 23 heavy (non-hydrogen) atoms. The van der Waals surface area contributed by atoms with Gasteiger partial charge in [-0.2, -0.15) is 5.10 Å². The summed E-state index contributed by atoms with van der Waals surface area (Å²) in [5.74, 6) is -2.87. The minimum absolute atomic E-state index is 0.00321. The lowest BCUT2D eigenvalue weighted by Crippen LogP contribution is -2.43. The van der Waals surface area contributed by atoms with Crippen molar-refractivity contribution in [3.05, 3.63) is 16.3 Å². The number of ether oxygens (including phenoxy) is 2. The number of alkyl halides is 2. The van der Waals surface area contributed by atoms with Crippen molar-refractivity contribution in [1.29, 1.82) is 0 Å². The highest BCUT2D eigenvalue weighted by molar-refractivity contribution is 6.76. The van der Waals surface area contributed by atoms with Crippen LogP contribution in [0.1, 0.15) is 12.8 Å². The zero-order chi connectivity index (χ0) is 17.3. The minimum Gasteiger partial charge on any atom is -0.469 e. The van der Waals surface area contributed by atoms with Crippen molar-refractivity contribution in [3.8, 4) is 5.88 Å². The summed E-state index contributed by atoms with van der Waals surface area (Å²) in [6, 6.07) is 0.946. The molecule has 7 nitrogen and oxygen atoms in total. The van der Waals surface area contributed by atoms with E-state index in [1.54, 1.807) is 0 Å². The number of nitrogens with zero attached hydrogens (tertiary/aromatic N) is 3. The predicted molar refractivity (Wildman–Crippen MR) is 81.6 cm³/mol.